The number of rotatable bonds is 7. The Morgan fingerprint density at radius 2 is 1.28 bits per heavy atom. The van der Waals surface area contributed by atoms with Crippen LogP contribution in [-0.4, -0.2) is 33.1 Å². The topological polar surface area (TPSA) is 85.9 Å². The van der Waals surface area contributed by atoms with E-state index in [4.69, 9.17) is 14.2 Å². The molecule has 0 bridgehead atoms. The number of ether oxygens (including phenoxy) is 3. The first kappa shape index (κ1) is 22.7. The Morgan fingerprint density at radius 1 is 0.688 bits per heavy atom. The summed E-state index contributed by atoms with van der Waals surface area (Å²) in [6.45, 7) is 3.95. The number of carbonyl (C=O) groups is 2. The van der Waals surface area contributed by atoms with Crippen molar-refractivity contribution in [2.24, 2.45) is 0 Å². The van der Waals surface area contributed by atoms with Crippen LogP contribution in [0.3, 0.4) is 0 Å². The molecule has 32 heavy (non-hydrogen) atoms. The highest BCUT2D eigenvalue weighted by Crippen LogP contribution is 2.38. The van der Waals surface area contributed by atoms with Crippen molar-refractivity contribution in [3.63, 3.8) is 0 Å². The van der Waals surface area contributed by atoms with Crippen molar-refractivity contribution in [2.75, 3.05) is 32.0 Å². The molecule has 3 aromatic carbocycles. The molecule has 0 unspecified atom stereocenters. The van der Waals surface area contributed by atoms with E-state index in [0.29, 0.717) is 34.1 Å². The minimum absolute atomic E-state index is 0.223. The quantitative estimate of drug-likeness (QED) is 0.556. The highest BCUT2D eigenvalue weighted by atomic mass is 16.5. The second kappa shape index (κ2) is 9.87. The van der Waals surface area contributed by atoms with E-state index < -0.39 is 0 Å². The van der Waals surface area contributed by atoms with E-state index in [2.05, 4.69) is 10.6 Å². The second-order valence-corrected chi connectivity index (χ2v) is 7.22. The molecule has 0 radical (unpaired) electrons. The number of hydrogen-bond donors (Lipinski definition) is 2. The summed E-state index contributed by atoms with van der Waals surface area (Å²) in [6.07, 6.45) is 0. The van der Waals surface area contributed by atoms with Crippen LogP contribution in [-0.2, 0) is 0 Å². The number of nitrogens with one attached hydrogen (secondary N) is 2. The molecule has 0 saturated carbocycles. The van der Waals surface area contributed by atoms with Gasteiger partial charge in [-0.15, -0.1) is 0 Å². The summed E-state index contributed by atoms with van der Waals surface area (Å²) in [5.74, 6) is 0.604. The molecule has 0 heterocycles. The summed E-state index contributed by atoms with van der Waals surface area (Å²) >= 11 is 0. The Kier molecular flexibility index (Phi) is 7.00. The average Bonchev–Trinajstić information content (AvgIpc) is 2.80. The van der Waals surface area contributed by atoms with Crippen molar-refractivity contribution in [1.82, 2.24) is 0 Å². The number of aryl methyl sites for hydroxylation is 2. The highest BCUT2D eigenvalue weighted by Gasteiger charge is 2.17. The number of anilines is 2. The lowest BCUT2D eigenvalue weighted by Crippen LogP contribution is -2.14. The Balaban J connectivity index is 1.73. The Labute approximate surface area is 187 Å². The number of hydrogen-bond acceptors (Lipinski definition) is 5. The zero-order valence-electron chi connectivity index (χ0n) is 18.7. The van der Waals surface area contributed by atoms with Crippen LogP contribution in [0.5, 0.6) is 17.2 Å². The average molecular weight is 434 g/mol. The SMILES string of the molecule is COc1cc(C(=O)Nc2ccc(C(=O)Nc3ccc(C)cc3C)cc2)cc(OC)c1OC. The van der Waals surface area contributed by atoms with Gasteiger partial charge in [0.15, 0.2) is 11.5 Å². The van der Waals surface area contributed by atoms with Crippen molar-refractivity contribution >= 4 is 23.2 Å². The molecule has 2 amide bonds. The fourth-order valence-electron chi connectivity index (χ4n) is 3.27. The van der Waals surface area contributed by atoms with Crippen LogP contribution in [0.25, 0.3) is 0 Å². The molecule has 7 nitrogen and oxygen atoms in total. The standard InChI is InChI=1S/C25H26N2O5/c1-15-6-11-20(16(2)12-15)27-24(28)17-7-9-19(10-8-17)26-25(29)18-13-21(30-3)23(32-5)22(14-18)31-4/h6-14H,1-5H3,(H,26,29)(H,27,28). The molecular formula is C25H26N2O5. The molecule has 3 rings (SSSR count). The van der Waals surface area contributed by atoms with E-state index in [1.54, 1.807) is 36.4 Å². The van der Waals surface area contributed by atoms with Gasteiger partial charge in [-0.05, 0) is 61.9 Å². The molecule has 0 aliphatic rings. The van der Waals surface area contributed by atoms with Crippen LogP contribution >= 0.6 is 0 Å². The molecule has 3 aromatic rings. The van der Waals surface area contributed by atoms with Crippen molar-refractivity contribution in [3.8, 4) is 17.2 Å². The zero-order valence-corrected chi connectivity index (χ0v) is 18.7. The molecule has 0 aliphatic heterocycles. The maximum Gasteiger partial charge on any atom is 0.255 e. The van der Waals surface area contributed by atoms with Crippen molar-refractivity contribution in [1.29, 1.82) is 0 Å². The summed E-state index contributed by atoms with van der Waals surface area (Å²) in [5, 5.41) is 5.72. The summed E-state index contributed by atoms with van der Waals surface area (Å²) < 4.78 is 15.9. The fraction of sp³-hybridized carbons (Fsp3) is 0.200. The van der Waals surface area contributed by atoms with Gasteiger partial charge in [-0.2, -0.15) is 0 Å². The molecule has 0 aliphatic carbocycles. The third-order valence-corrected chi connectivity index (χ3v) is 4.96. The molecular weight excluding hydrogens is 408 g/mol. The van der Waals surface area contributed by atoms with E-state index in [-0.39, 0.29) is 11.8 Å². The monoisotopic (exact) mass is 434 g/mol. The Bertz CT molecular complexity index is 1110. The van der Waals surface area contributed by atoms with Crippen molar-refractivity contribution in [2.45, 2.75) is 13.8 Å². The van der Waals surface area contributed by atoms with Gasteiger partial charge in [0.25, 0.3) is 11.8 Å². The van der Waals surface area contributed by atoms with Crippen LogP contribution in [0.4, 0.5) is 11.4 Å². The molecule has 0 spiro atoms. The molecule has 0 aromatic heterocycles. The first-order valence-corrected chi connectivity index (χ1v) is 9.96. The first-order valence-electron chi connectivity index (χ1n) is 9.96. The molecule has 7 heteroatoms. The van der Waals surface area contributed by atoms with Gasteiger partial charge in [0.2, 0.25) is 5.75 Å². The predicted molar refractivity (Wildman–Crippen MR) is 124 cm³/mol. The number of methoxy groups -OCH3 is 3. The summed E-state index contributed by atoms with van der Waals surface area (Å²) in [7, 11) is 4.47. The largest absolute Gasteiger partial charge is 0.493 e. The van der Waals surface area contributed by atoms with Gasteiger partial charge < -0.3 is 24.8 Å². The smallest absolute Gasteiger partial charge is 0.255 e. The van der Waals surface area contributed by atoms with Gasteiger partial charge in [-0.1, -0.05) is 17.7 Å². The molecule has 0 atom stereocenters. The van der Waals surface area contributed by atoms with Gasteiger partial charge >= 0.3 is 0 Å². The minimum atomic E-state index is -0.350. The lowest BCUT2D eigenvalue weighted by Gasteiger charge is -2.14. The highest BCUT2D eigenvalue weighted by molar-refractivity contribution is 6.07. The molecule has 2 N–H and O–H groups in total. The van der Waals surface area contributed by atoms with E-state index in [1.165, 1.54) is 21.3 Å². The Morgan fingerprint density at radius 3 is 1.81 bits per heavy atom. The maximum atomic E-state index is 12.7. The summed E-state index contributed by atoms with van der Waals surface area (Å²) in [5.41, 5.74) is 4.26. The minimum Gasteiger partial charge on any atom is -0.493 e. The lowest BCUT2D eigenvalue weighted by atomic mass is 10.1. The number of amides is 2. The van der Waals surface area contributed by atoms with Crippen molar-refractivity contribution in [3.05, 3.63) is 76.9 Å². The third-order valence-electron chi connectivity index (χ3n) is 4.96. The summed E-state index contributed by atoms with van der Waals surface area (Å²) in [4.78, 5) is 25.3. The van der Waals surface area contributed by atoms with Crippen LogP contribution < -0.4 is 24.8 Å². The second-order valence-electron chi connectivity index (χ2n) is 7.22. The van der Waals surface area contributed by atoms with E-state index >= 15 is 0 Å². The van der Waals surface area contributed by atoms with Gasteiger partial charge in [0.05, 0.1) is 21.3 Å². The van der Waals surface area contributed by atoms with Gasteiger partial charge in [0.1, 0.15) is 0 Å². The van der Waals surface area contributed by atoms with Crippen LogP contribution in [0.15, 0.2) is 54.6 Å². The van der Waals surface area contributed by atoms with Gasteiger partial charge in [-0.3, -0.25) is 9.59 Å². The summed E-state index contributed by atoms with van der Waals surface area (Å²) in [6, 6.07) is 15.6. The predicted octanol–water partition coefficient (Wildman–Crippen LogP) is 4.83. The van der Waals surface area contributed by atoms with Crippen molar-refractivity contribution < 1.29 is 23.8 Å². The molecule has 166 valence electrons. The van der Waals surface area contributed by atoms with E-state index in [9.17, 15) is 9.59 Å². The van der Waals surface area contributed by atoms with Crippen LogP contribution in [0.1, 0.15) is 31.8 Å². The number of carbonyl (C=O) groups excluding carboxylic acids is 2. The van der Waals surface area contributed by atoms with Crippen LogP contribution in [0, 0.1) is 13.8 Å². The van der Waals surface area contributed by atoms with E-state index in [0.717, 1.165) is 16.8 Å². The number of benzene rings is 3. The third kappa shape index (κ3) is 5.00. The first-order chi connectivity index (χ1) is 15.4. The molecule has 0 fully saturated rings. The van der Waals surface area contributed by atoms with Crippen LogP contribution in [0.2, 0.25) is 0 Å². The van der Waals surface area contributed by atoms with Gasteiger partial charge in [0, 0.05) is 22.5 Å². The molecule has 0 saturated heterocycles. The lowest BCUT2D eigenvalue weighted by molar-refractivity contribution is 0.101. The normalized spacial score (nSPS) is 10.3. The van der Waals surface area contributed by atoms with Gasteiger partial charge in [-0.25, -0.2) is 0 Å². The maximum absolute atomic E-state index is 12.7. The Hall–Kier alpha value is -4.00. The fourth-order valence-corrected chi connectivity index (χ4v) is 3.27. The zero-order chi connectivity index (χ0) is 23.3. The van der Waals surface area contributed by atoms with E-state index in [1.807, 2.05) is 32.0 Å².